The summed E-state index contributed by atoms with van der Waals surface area (Å²) in [5, 5.41) is 0.391. The molecule has 1 saturated heterocycles. The van der Waals surface area contributed by atoms with Crippen LogP contribution in [-0.2, 0) is 14.0 Å². The van der Waals surface area contributed by atoms with E-state index in [2.05, 4.69) is 0 Å². The van der Waals surface area contributed by atoms with E-state index in [1.165, 1.54) is 7.11 Å². The van der Waals surface area contributed by atoms with Crippen LogP contribution in [0.4, 0.5) is 0 Å². The molecule has 0 aromatic heterocycles. The number of esters is 1. The van der Waals surface area contributed by atoms with Crippen LogP contribution in [0.15, 0.2) is 12.1 Å². The first-order chi connectivity index (χ1) is 9.59. The van der Waals surface area contributed by atoms with Crippen molar-refractivity contribution in [1.29, 1.82) is 0 Å². The molecule has 6 heteroatoms. The molecule has 0 aliphatic carbocycles. The fourth-order valence-corrected chi connectivity index (χ4v) is 2.36. The summed E-state index contributed by atoms with van der Waals surface area (Å²) in [6, 6.07) is 3.54. The SMILES string of the molecule is COC(=O)c1cc(B2OC(C)(C)C(C)(C)O2)cc(C)c1Cl. The Hall–Kier alpha value is -1.04. The Morgan fingerprint density at radius 2 is 1.71 bits per heavy atom. The van der Waals surface area contributed by atoms with E-state index in [0.717, 1.165) is 11.0 Å². The molecule has 0 N–H and O–H groups in total. The van der Waals surface area contributed by atoms with Gasteiger partial charge in [0.2, 0.25) is 0 Å². The van der Waals surface area contributed by atoms with Gasteiger partial charge >= 0.3 is 13.1 Å². The molecule has 0 amide bonds. The fourth-order valence-electron chi connectivity index (χ4n) is 2.17. The number of benzene rings is 1. The van der Waals surface area contributed by atoms with E-state index < -0.39 is 24.3 Å². The molecule has 1 aliphatic rings. The van der Waals surface area contributed by atoms with Gasteiger partial charge in [0, 0.05) is 0 Å². The zero-order valence-electron chi connectivity index (χ0n) is 13.2. The standard InChI is InChI=1S/C15H20BClO4/c1-9-7-10(8-11(12(9)17)13(18)19-6)16-20-14(2,3)15(4,5)21-16/h7-8H,1-6H3. The third kappa shape index (κ3) is 2.82. The number of carbonyl (C=O) groups is 1. The van der Waals surface area contributed by atoms with Crippen LogP contribution in [-0.4, -0.2) is 31.4 Å². The van der Waals surface area contributed by atoms with E-state index in [9.17, 15) is 4.79 Å². The summed E-state index contributed by atoms with van der Waals surface area (Å²) in [4.78, 5) is 11.8. The first-order valence-corrected chi connectivity index (χ1v) is 7.21. The number of ether oxygens (including phenoxy) is 1. The molecule has 1 aromatic rings. The summed E-state index contributed by atoms with van der Waals surface area (Å²) in [6.45, 7) is 9.77. The summed E-state index contributed by atoms with van der Waals surface area (Å²) >= 11 is 6.18. The Kier molecular flexibility index (Phi) is 4.13. The molecule has 2 rings (SSSR count). The molecule has 1 aromatic carbocycles. The summed E-state index contributed by atoms with van der Waals surface area (Å²) in [5.41, 5.74) is 0.997. The molecule has 0 radical (unpaired) electrons. The molecule has 4 nitrogen and oxygen atoms in total. The largest absolute Gasteiger partial charge is 0.494 e. The van der Waals surface area contributed by atoms with E-state index in [4.69, 9.17) is 25.6 Å². The van der Waals surface area contributed by atoms with Crippen LogP contribution in [0.5, 0.6) is 0 Å². The zero-order valence-corrected chi connectivity index (χ0v) is 14.0. The molecule has 0 spiro atoms. The van der Waals surface area contributed by atoms with Crippen LogP contribution in [0.25, 0.3) is 0 Å². The molecule has 114 valence electrons. The van der Waals surface area contributed by atoms with Crippen LogP contribution < -0.4 is 5.46 Å². The van der Waals surface area contributed by atoms with Crippen LogP contribution in [0.1, 0.15) is 43.6 Å². The van der Waals surface area contributed by atoms with Crippen molar-refractivity contribution in [2.24, 2.45) is 0 Å². The minimum absolute atomic E-state index is 0.323. The molecule has 0 saturated carbocycles. The number of rotatable bonds is 2. The van der Waals surface area contributed by atoms with Crippen molar-refractivity contribution in [3.05, 3.63) is 28.3 Å². The van der Waals surface area contributed by atoms with Crippen molar-refractivity contribution in [2.75, 3.05) is 7.11 Å². The summed E-state index contributed by atoms with van der Waals surface area (Å²) in [6.07, 6.45) is 0. The highest BCUT2D eigenvalue weighted by Gasteiger charge is 2.51. The number of methoxy groups -OCH3 is 1. The van der Waals surface area contributed by atoms with Crippen molar-refractivity contribution in [2.45, 2.75) is 45.8 Å². The number of hydrogen-bond donors (Lipinski definition) is 0. The monoisotopic (exact) mass is 310 g/mol. The quantitative estimate of drug-likeness (QED) is 0.622. The van der Waals surface area contributed by atoms with Gasteiger partial charge in [-0.15, -0.1) is 0 Å². The summed E-state index contributed by atoms with van der Waals surface area (Å²) in [5.74, 6) is -0.471. The Labute approximate surface area is 130 Å². The Balaban J connectivity index is 2.43. The predicted octanol–water partition coefficient (Wildman–Crippen LogP) is 2.73. The molecule has 1 fully saturated rings. The maximum atomic E-state index is 11.8. The molecule has 0 atom stereocenters. The number of hydrogen-bond acceptors (Lipinski definition) is 4. The lowest BCUT2D eigenvalue weighted by molar-refractivity contribution is 0.00578. The highest BCUT2D eigenvalue weighted by molar-refractivity contribution is 6.62. The molecule has 0 unspecified atom stereocenters. The summed E-state index contributed by atoms with van der Waals surface area (Å²) in [7, 11) is 0.796. The van der Waals surface area contributed by atoms with Crippen LogP contribution in [0.3, 0.4) is 0 Å². The van der Waals surface area contributed by atoms with Crippen molar-refractivity contribution in [1.82, 2.24) is 0 Å². The van der Waals surface area contributed by atoms with Gasteiger partial charge in [0.1, 0.15) is 0 Å². The minimum atomic E-state index is -0.533. The first kappa shape index (κ1) is 16.3. The highest BCUT2D eigenvalue weighted by atomic mass is 35.5. The van der Waals surface area contributed by atoms with E-state index >= 15 is 0 Å². The molecule has 1 heterocycles. The van der Waals surface area contributed by atoms with Gasteiger partial charge in [0.15, 0.2) is 0 Å². The van der Waals surface area contributed by atoms with Crippen molar-refractivity contribution in [3.8, 4) is 0 Å². The van der Waals surface area contributed by atoms with Gasteiger partial charge in [0.05, 0.1) is 28.9 Å². The third-order valence-electron chi connectivity index (χ3n) is 4.21. The van der Waals surface area contributed by atoms with Gasteiger partial charge in [-0.05, 0) is 51.7 Å². The lowest BCUT2D eigenvalue weighted by Gasteiger charge is -2.32. The van der Waals surface area contributed by atoms with Crippen molar-refractivity contribution in [3.63, 3.8) is 0 Å². The highest BCUT2D eigenvalue weighted by Crippen LogP contribution is 2.36. The number of halogens is 1. The Bertz CT molecular complexity index is 567. The molecule has 1 aliphatic heterocycles. The lowest BCUT2D eigenvalue weighted by atomic mass is 9.77. The van der Waals surface area contributed by atoms with Gasteiger partial charge < -0.3 is 14.0 Å². The van der Waals surface area contributed by atoms with Gasteiger partial charge in [-0.1, -0.05) is 17.7 Å². The van der Waals surface area contributed by atoms with Crippen LogP contribution in [0.2, 0.25) is 5.02 Å². The van der Waals surface area contributed by atoms with Gasteiger partial charge in [-0.25, -0.2) is 4.79 Å². The second-order valence-electron chi connectivity index (χ2n) is 6.28. The maximum Gasteiger partial charge on any atom is 0.494 e. The van der Waals surface area contributed by atoms with E-state index in [-0.39, 0.29) is 0 Å². The zero-order chi connectivity index (χ0) is 16.0. The first-order valence-electron chi connectivity index (χ1n) is 6.83. The smallest absolute Gasteiger partial charge is 0.465 e. The Morgan fingerprint density at radius 3 is 2.19 bits per heavy atom. The maximum absolute atomic E-state index is 11.8. The number of carbonyl (C=O) groups excluding carboxylic acids is 1. The average molecular weight is 311 g/mol. The molecule has 21 heavy (non-hydrogen) atoms. The molecular formula is C15H20BClO4. The predicted molar refractivity (Wildman–Crippen MR) is 83.2 cm³/mol. The van der Waals surface area contributed by atoms with E-state index in [1.54, 1.807) is 6.07 Å². The lowest BCUT2D eigenvalue weighted by Crippen LogP contribution is -2.41. The van der Waals surface area contributed by atoms with Crippen LogP contribution in [0, 0.1) is 6.92 Å². The van der Waals surface area contributed by atoms with Gasteiger partial charge in [-0.2, -0.15) is 0 Å². The van der Waals surface area contributed by atoms with Crippen molar-refractivity contribution < 1.29 is 18.8 Å². The third-order valence-corrected chi connectivity index (χ3v) is 4.71. The van der Waals surface area contributed by atoms with Crippen molar-refractivity contribution >= 4 is 30.2 Å². The van der Waals surface area contributed by atoms with E-state index in [0.29, 0.717) is 10.6 Å². The average Bonchev–Trinajstić information content (AvgIpc) is 2.60. The van der Waals surface area contributed by atoms with E-state index in [1.807, 2.05) is 40.7 Å². The fraction of sp³-hybridized carbons (Fsp3) is 0.533. The Morgan fingerprint density at radius 1 is 1.19 bits per heavy atom. The second kappa shape index (κ2) is 5.31. The topological polar surface area (TPSA) is 44.8 Å². The normalized spacial score (nSPS) is 19.7. The van der Waals surface area contributed by atoms with Gasteiger partial charge in [-0.3, -0.25) is 0 Å². The van der Waals surface area contributed by atoms with Crippen LogP contribution >= 0.6 is 11.6 Å². The second-order valence-corrected chi connectivity index (χ2v) is 6.66. The van der Waals surface area contributed by atoms with Gasteiger partial charge in [0.25, 0.3) is 0 Å². The number of aryl methyl sites for hydroxylation is 1. The molecule has 0 bridgehead atoms. The summed E-state index contributed by atoms with van der Waals surface area (Å²) < 4.78 is 16.8. The molecular weight excluding hydrogens is 290 g/mol. The minimum Gasteiger partial charge on any atom is -0.465 e.